The number of ether oxygens (including phenoxy) is 1. The average molecular weight is 314 g/mol. The van der Waals surface area contributed by atoms with Gasteiger partial charge in [-0.05, 0) is 33.3 Å². The van der Waals surface area contributed by atoms with Gasteiger partial charge in [0.25, 0.3) is 0 Å². The minimum Gasteiger partial charge on any atom is -0.509 e. The molecule has 4 heteroatoms. The third-order valence-electron chi connectivity index (χ3n) is 3.88. The lowest BCUT2D eigenvalue weighted by Crippen LogP contribution is -2.47. The van der Waals surface area contributed by atoms with Crippen molar-refractivity contribution in [2.75, 3.05) is 26.2 Å². The number of hydrogen-bond acceptors (Lipinski definition) is 3. The van der Waals surface area contributed by atoms with E-state index in [-0.39, 0.29) is 4.38 Å². The molecule has 1 aromatic carbocycles. The zero-order valence-electron chi connectivity index (χ0n) is 13.1. The lowest BCUT2D eigenvalue weighted by molar-refractivity contribution is -0.921. The molecule has 0 fully saturated rings. The van der Waals surface area contributed by atoms with Gasteiger partial charge in [-0.1, -0.05) is 30.3 Å². The maximum atomic E-state index is 4.97. The number of rotatable bonds is 6. The summed E-state index contributed by atoms with van der Waals surface area (Å²) < 4.78 is 6.43. The normalized spacial score (nSPS) is 10.4. The van der Waals surface area contributed by atoms with Crippen molar-refractivity contribution in [3.05, 3.63) is 35.9 Å². The Labute approximate surface area is 135 Å². The van der Waals surface area contributed by atoms with Gasteiger partial charge in [0.15, 0.2) is 0 Å². The summed E-state index contributed by atoms with van der Waals surface area (Å²) in [5.41, 5.74) is 1.08. The summed E-state index contributed by atoms with van der Waals surface area (Å²) in [6.45, 7) is 14.7. The standard InChI is InChI=1S/C8H20N.C8H8OS2/c1-5-9(6-2,7-3)8-4;10-8(11)9-6-7-4-2-1-3-5-7/h5-8H2,1-4H3;1-5H,6H2,(H,10,11)/q+1;/p-1. The predicted molar refractivity (Wildman–Crippen MR) is 93.6 cm³/mol. The quantitative estimate of drug-likeness (QED) is 0.447. The largest absolute Gasteiger partial charge is 0.509 e. The molecule has 0 aromatic heterocycles. The van der Waals surface area contributed by atoms with Crippen molar-refractivity contribution in [1.82, 2.24) is 0 Å². The maximum Gasteiger partial charge on any atom is 0.111 e. The lowest BCUT2D eigenvalue weighted by Gasteiger charge is -2.34. The van der Waals surface area contributed by atoms with E-state index in [1.165, 1.54) is 30.7 Å². The smallest absolute Gasteiger partial charge is 0.111 e. The van der Waals surface area contributed by atoms with Crippen molar-refractivity contribution >= 4 is 29.2 Å². The molecular formula is C16H27NOS2. The molecule has 0 amide bonds. The first kappa shape index (κ1) is 19.3. The Morgan fingerprint density at radius 3 is 1.75 bits per heavy atom. The average Bonchev–Trinajstić information content (AvgIpc) is 2.50. The molecule has 0 aliphatic heterocycles. The maximum absolute atomic E-state index is 4.97. The van der Waals surface area contributed by atoms with E-state index >= 15 is 0 Å². The van der Waals surface area contributed by atoms with Crippen LogP contribution in [-0.4, -0.2) is 35.0 Å². The third-order valence-corrected chi connectivity index (χ3v) is 4.12. The second-order valence-electron chi connectivity index (χ2n) is 4.63. The van der Waals surface area contributed by atoms with Gasteiger partial charge in [0, 0.05) is 4.38 Å². The summed E-state index contributed by atoms with van der Waals surface area (Å²) in [4.78, 5) is 0. The van der Waals surface area contributed by atoms with Gasteiger partial charge in [0.1, 0.15) is 6.61 Å². The van der Waals surface area contributed by atoms with E-state index in [9.17, 15) is 0 Å². The molecule has 114 valence electrons. The van der Waals surface area contributed by atoms with Crippen LogP contribution in [0.5, 0.6) is 0 Å². The van der Waals surface area contributed by atoms with Crippen LogP contribution in [0.2, 0.25) is 0 Å². The lowest BCUT2D eigenvalue weighted by atomic mass is 10.2. The number of nitrogens with zero attached hydrogens (tertiary/aromatic N) is 1. The Bertz CT molecular complexity index is 346. The van der Waals surface area contributed by atoms with E-state index in [1.54, 1.807) is 0 Å². The molecule has 2 nitrogen and oxygen atoms in total. The zero-order chi connectivity index (χ0) is 15.4. The topological polar surface area (TPSA) is 9.23 Å². The van der Waals surface area contributed by atoms with Crippen LogP contribution in [-0.2, 0) is 24.0 Å². The minimum atomic E-state index is 0.175. The molecule has 0 bridgehead atoms. The number of thiocarbonyl (C=S) groups is 1. The summed E-state index contributed by atoms with van der Waals surface area (Å²) in [5.74, 6) is 0. The van der Waals surface area contributed by atoms with Crippen LogP contribution in [0.4, 0.5) is 0 Å². The van der Waals surface area contributed by atoms with Crippen LogP contribution in [0.3, 0.4) is 0 Å². The molecule has 0 saturated carbocycles. The highest BCUT2D eigenvalue weighted by Gasteiger charge is 2.16. The predicted octanol–water partition coefficient (Wildman–Crippen LogP) is 3.92. The highest BCUT2D eigenvalue weighted by atomic mass is 32.1. The molecule has 0 aliphatic carbocycles. The first-order valence-corrected chi connectivity index (χ1v) is 8.08. The van der Waals surface area contributed by atoms with Gasteiger partial charge in [-0.2, -0.15) is 0 Å². The SMILES string of the molecule is CC[N+](CC)(CC)CC.S=C([S-])OCc1ccccc1. The monoisotopic (exact) mass is 313 g/mol. The minimum absolute atomic E-state index is 0.175. The van der Waals surface area contributed by atoms with Crippen LogP contribution in [0.1, 0.15) is 33.3 Å². The fourth-order valence-corrected chi connectivity index (χ4v) is 2.18. The molecule has 0 heterocycles. The summed E-state index contributed by atoms with van der Waals surface area (Å²) in [6.07, 6.45) is 0. The van der Waals surface area contributed by atoms with Crippen molar-refractivity contribution in [1.29, 1.82) is 0 Å². The first-order chi connectivity index (χ1) is 9.53. The van der Waals surface area contributed by atoms with Gasteiger partial charge in [0.05, 0.1) is 26.2 Å². The number of hydrogen-bond donors (Lipinski definition) is 0. The van der Waals surface area contributed by atoms with E-state index in [0.717, 1.165) is 5.56 Å². The second kappa shape index (κ2) is 11.0. The van der Waals surface area contributed by atoms with Gasteiger partial charge >= 0.3 is 0 Å². The van der Waals surface area contributed by atoms with E-state index in [0.29, 0.717) is 6.61 Å². The molecule has 1 rings (SSSR count). The Balaban J connectivity index is 0.000000370. The van der Waals surface area contributed by atoms with E-state index in [1.807, 2.05) is 30.3 Å². The van der Waals surface area contributed by atoms with Gasteiger partial charge in [-0.3, -0.25) is 0 Å². The summed E-state index contributed by atoms with van der Waals surface area (Å²) in [7, 11) is 0. The Morgan fingerprint density at radius 2 is 1.45 bits per heavy atom. The van der Waals surface area contributed by atoms with Gasteiger partial charge in [0.2, 0.25) is 0 Å². The first-order valence-electron chi connectivity index (χ1n) is 7.26. The van der Waals surface area contributed by atoms with E-state index in [2.05, 4.69) is 52.5 Å². The van der Waals surface area contributed by atoms with Gasteiger partial charge < -0.3 is 34.1 Å². The fourth-order valence-electron chi connectivity index (χ4n) is 2.06. The Kier molecular flexibility index (Phi) is 10.6. The van der Waals surface area contributed by atoms with Crippen molar-refractivity contribution in [2.24, 2.45) is 0 Å². The highest BCUT2D eigenvalue weighted by Crippen LogP contribution is 2.03. The molecule has 20 heavy (non-hydrogen) atoms. The summed E-state index contributed by atoms with van der Waals surface area (Å²) >= 11 is 9.17. The molecule has 0 N–H and O–H groups in total. The van der Waals surface area contributed by atoms with Crippen LogP contribution < -0.4 is 0 Å². The molecule has 0 radical (unpaired) electrons. The van der Waals surface area contributed by atoms with Crippen molar-refractivity contribution in [3.63, 3.8) is 0 Å². The number of benzene rings is 1. The molecular weight excluding hydrogens is 286 g/mol. The zero-order valence-corrected chi connectivity index (χ0v) is 14.7. The van der Waals surface area contributed by atoms with Crippen molar-refractivity contribution < 1.29 is 9.22 Å². The second-order valence-corrected chi connectivity index (χ2v) is 5.63. The Hall–Kier alpha value is -0.710. The Morgan fingerprint density at radius 1 is 1.00 bits per heavy atom. The molecule has 0 spiro atoms. The summed E-state index contributed by atoms with van der Waals surface area (Å²) in [6, 6.07) is 9.78. The van der Waals surface area contributed by atoms with Gasteiger partial charge in [-0.15, -0.1) is 0 Å². The third kappa shape index (κ3) is 7.78. The van der Waals surface area contributed by atoms with Crippen LogP contribution >= 0.6 is 12.2 Å². The van der Waals surface area contributed by atoms with E-state index in [4.69, 9.17) is 4.74 Å². The molecule has 0 aliphatic rings. The fraction of sp³-hybridized carbons (Fsp3) is 0.562. The highest BCUT2D eigenvalue weighted by molar-refractivity contribution is 7.99. The number of quaternary nitrogens is 1. The molecule has 0 atom stereocenters. The molecule has 0 unspecified atom stereocenters. The van der Waals surface area contributed by atoms with Gasteiger partial charge in [-0.25, -0.2) is 0 Å². The van der Waals surface area contributed by atoms with Crippen LogP contribution in [0, 0.1) is 0 Å². The van der Waals surface area contributed by atoms with Crippen molar-refractivity contribution in [2.45, 2.75) is 34.3 Å². The van der Waals surface area contributed by atoms with Crippen LogP contribution in [0.15, 0.2) is 30.3 Å². The van der Waals surface area contributed by atoms with Crippen molar-refractivity contribution in [3.8, 4) is 0 Å². The summed E-state index contributed by atoms with van der Waals surface area (Å²) in [5, 5.41) is 0. The van der Waals surface area contributed by atoms with Crippen LogP contribution in [0.25, 0.3) is 0 Å². The van der Waals surface area contributed by atoms with E-state index < -0.39 is 0 Å². The molecule has 0 saturated heterocycles. The molecule has 1 aromatic rings.